The highest BCUT2D eigenvalue weighted by Crippen LogP contribution is 2.36. The molecule has 0 spiro atoms. The van der Waals surface area contributed by atoms with Gasteiger partial charge in [0.05, 0.1) is 6.61 Å². The van der Waals surface area contributed by atoms with E-state index in [1.54, 1.807) is 6.92 Å². The summed E-state index contributed by atoms with van der Waals surface area (Å²) in [6.45, 7) is 6.37. The summed E-state index contributed by atoms with van der Waals surface area (Å²) in [6.07, 6.45) is 3.70. The van der Waals surface area contributed by atoms with Gasteiger partial charge in [-0.15, -0.1) is 0 Å². The largest absolute Gasteiger partial charge is 0.466 e. The predicted octanol–water partition coefficient (Wildman–Crippen LogP) is 2.45. The minimum atomic E-state index is -0.507. The fourth-order valence-corrected chi connectivity index (χ4v) is 2.29. The molecule has 1 unspecified atom stereocenters. The number of rotatable bonds is 4. The maximum absolute atomic E-state index is 11.5. The summed E-state index contributed by atoms with van der Waals surface area (Å²) in [5.41, 5.74) is 0.229. The van der Waals surface area contributed by atoms with E-state index in [0.717, 1.165) is 19.3 Å². The second-order valence-corrected chi connectivity index (χ2v) is 5.35. The Kier molecular flexibility index (Phi) is 4.97. The van der Waals surface area contributed by atoms with Gasteiger partial charge >= 0.3 is 11.9 Å². The molecule has 1 atom stereocenters. The number of hydrogen-bond donors (Lipinski definition) is 0. The number of hydrogen-bond acceptors (Lipinski definition) is 4. The number of esters is 2. The quantitative estimate of drug-likeness (QED) is 0.561. The third-order valence-electron chi connectivity index (χ3n) is 3.05. The average Bonchev–Trinajstić information content (AvgIpc) is 2.15. The molecule has 0 aliphatic heterocycles. The van der Waals surface area contributed by atoms with Crippen molar-refractivity contribution in [1.29, 1.82) is 0 Å². The molecule has 1 aliphatic rings. The van der Waals surface area contributed by atoms with E-state index in [1.165, 1.54) is 6.42 Å². The molecule has 0 aromatic rings. The first-order valence-electron chi connectivity index (χ1n) is 6.28. The Morgan fingerprint density at radius 2 is 2.00 bits per heavy atom. The first kappa shape index (κ1) is 14.0. The zero-order valence-corrected chi connectivity index (χ0v) is 11.0. The Morgan fingerprint density at radius 1 is 1.29 bits per heavy atom. The van der Waals surface area contributed by atoms with Gasteiger partial charge in [-0.05, 0) is 38.0 Å². The molecule has 1 aliphatic carbocycles. The van der Waals surface area contributed by atoms with Crippen molar-refractivity contribution in [3.8, 4) is 0 Å². The summed E-state index contributed by atoms with van der Waals surface area (Å²) < 4.78 is 10.0. The second-order valence-electron chi connectivity index (χ2n) is 5.35. The zero-order chi connectivity index (χ0) is 12.9. The van der Waals surface area contributed by atoms with Crippen LogP contribution in [0.5, 0.6) is 0 Å². The lowest BCUT2D eigenvalue weighted by Crippen LogP contribution is -2.30. The minimum Gasteiger partial charge on any atom is -0.466 e. The molecule has 0 radical (unpaired) electrons. The summed E-state index contributed by atoms with van der Waals surface area (Å²) in [5.74, 6) is -0.973. The van der Waals surface area contributed by atoms with Crippen LogP contribution in [0.2, 0.25) is 0 Å². The highest BCUT2D eigenvalue weighted by Gasteiger charge is 2.30. The minimum absolute atomic E-state index is 0.0410. The second kappa shape index (κ2) is 6.03. The third-order valence-corrected chi connectivity index (χ3v) is 3.05. The molecule has 1 saturated carbocycles. The van der Waals surface area contributed by atoms with E-state index in [2.05, 4.69) is 13.8 Å². The maximum atomic E-state index is 11.5. The summed E-state index contributed by atoms with van der Waals surface area (Å²) in [6, 6.07) is 0. The molecule has 98 valence electrons. The van der Waals surface area contributed by atoms with E-state index in [1.807, 2.05) is 0 Å². The topological polar surface area (TPSA) is 52.6 Å². The first-order chi connectivity index (χ1) is 7.93. The molecule has 1 rings (SSSR count). The van der Waals surface area contributed by atoms with E-state index in [-0.39, 0.29) is 17.9 Å². The van der Waals surface area contributed by atoms with Gasteiger partial charge in [0, 0.05) is 0 Å². The van der Waals surface area contributed by atoms with Crippen LogP contribution in [0.1, 0.15) is 52.9 Å². The normalized spacial score (nSPS) is 22.9. The molecule has 0 N–H and O–H groups in total. The van der Waals surface area contributed by atoms with E-state index < -0.39 is 11.9 Å². The first-order valence-corrected chi connectivity index (χ1v) is 6.28. The summed E-state index contributed by atoms with van der Waals surface area (Å²) in [7, 11) is 0. The van der Waals surface area contributed by atoms with Crippen molar-refractivity contribution < 1.29 is 19.1 Å². The molecular weight excluding hydrogens is 220 g/mol. The molecule has 0 amide bonds. The molecule has 0 bridgehead atoms. The van der Waals surface area contributed by atoms with E-state index in [0.29, 0.717) is 6.61 Å². The highest BCUT2D eigenvalue weighted by molar-refractivity contribution is 5.91. The van der Waals surface area contributed by atoms with Crippen molar-refractivity contribution >= 4 is 11.9 Å². The Hall–Kier alpha value is -1.06. The lowest BCUT2D eigenvalue weighted by atomic mass is 9.76. The van der Waals surface area contributed by atoms with Gasteiger partial charge in [-0.1, -0.05) is 13.8 Å². The Balaban J connectivity index is 2.33. The van der Waals surface area contributed by atoms with Gasteiger partial charge in [0.1, 0.15) is 12.5 Å². The van der Waals surface area contributed by atoms with Crippen LogP contribution in [-0.2, 0) is 19.1 Å². The lowest BCUT2D eigenvalue weighted by molar-refractivity contribution is -0.159. The van der Waals surface area contributed by atoms with Gasteiger partial charge in [0.25, 0.3) is 0 Å². The summed E-state index contributed by atoms with van der Waals surface area (Å²) in [4.78, 5) is 22.6. The Labute approximate surface area is 103 Å². The molecule has 0 heterocycles. The van der Waals surface area contributed by atoms with E-state index in [9.17, 15) is 9.59 Å². The molecule has 0 aromatic heterocycles. The van der Waals surface area contributed by atoms with Crippen molar-refractivity contribution in [2.24, 2.45) is 5.41 Å². The summed E-state index contributed by atoms with van der Waals surface area (Å²) >= 11 is 0. The van der Waals surface area contributed by atoms with Crippen LogP contribution in [0.15, 0.2) is 0 Å². The molecule has 0 aromatic carbocycles. The van der Waals surface area contributed by atoms with Crippen molar-refractivity contribution in [3.63, 3.8) is 0 Å². The van der Waals surface area contributed by atoms with Crippen LogP contribution in [0.4, 0.5) is 0 Å². The van der Waals surface area contributed by atoms with Crippen LogP contribution < -0.4 is 0 Å². The predicted molar refractivity (Wildman–Crippen MR) is 63.4 cm³/mol. The molecule has 4 heteroatoms. The highest BCUT2D eigenvalue weighted by atomic mass is 16.6. The lowest BCUT2D eigenvalue weighted by Gasteiger charge is -2.34. The van der Waals surface area contributed by atoms with Crippen molar-refractivity contribution in [2.45, 2.75) is 59.0 Å². The third kappa shape index (κ3) is 5.20. The van der Waals surface area contributed by atoms with Crippen molar-refractivity contribution in [2.75, 3.05) is 6.61 Å². The zero-order valence-electron chi connectivity index (χ0n) is 11.0. The monoisotopic (exact) mass is 242 g/mol. The standard InChI is InChI=1S/C13H22O4/c1-4-16-11(14)8-12(15)17-10-6-5-7-13(2,3)9-10/h10H,4-9H2,1-3H3. The molecule has 1 fully saturated rings. The van der Waals surface area contributed by atoms with Crippen molar-refractivity contribution in [3.05, 3.63) is 0 Å². The van der Waals surface area contributed by atoms with Gasteiger partial charge in [-0.25, -0.2) is 0 Å². The number of carbonyl (C=O) groups excluding carboxylic acids is 2. The SMILES string of the molecule is CCOC(=O)CC(=O)OC1CCCC(C)(C)C1. The average molecular weight is 242 g/mol. The number of carbonyl (C=O) groups is 2. The van der Waals surface area contributed by atoms with Crippen molar-refractivity contribution in [1.82, 2.24) is 0 Å². The smallest absolute Gasteiger partial charge is 0.317 e. The molecular formula is C13H22O4. The maximum Gasteiger partial charge on any atom is 0.317 e. The van der Waals surface area contributed by atoms with Gasteiger partial charge in [0.15, 0.2) is 0 Å². The van der Waals surface area contributed by atoms with Crippen LogP contribution in [0.3, 0.4) is 0 Å². The van der Waals surface area contributed by atoms with Crippen LogP contribution >= 0.6 is 0 Å². The van der Waals surface area contributed by atoms with Gasteiger partial charge < -0.3 is 9.47 Å². The van der Waals surface area contributed by atoms with Crippen LogP contribution in [0.25, 0.3) is 0 Å². The Morgan fingerprint density at radius 3 is 2.59 bits per heavy atom. The van der Waals surface area contributed by atoms with Gasteiger partial charge in [0.2, 0.25) is 0 Å². The fraction of sp³-hybridized carbons (Fsp3) is 0.846. The Bertz CT molecular complexity index is 283. The van der Waals surface area contributed by atoms with Crippen LogP contribution in [-0.4, -0.2) is 24.6 Å². The van der Waals surface area contributed by atoms with Gasteiger partial charge in [-0.2, -0.15) is 0 Å². The molecule has 4 nitrogen and oxygen atoms in total. The van der Waals surface area contributed by atoms with Gasteiger partial charge in [-0.3, -0.25) is 9.59 Å². The van der Waals surface area contributed by atoms with E-state index in [4.69, 9.17) is 9.47 Å². The molecule has 0 saturated heterocycles. The summed E-state index contributed by atoms with van der Waals surface area (Å²) in [5, 5.41) is 0. The van der Waals surface area contributed by atoms with E-state index >= 15 is 0 Å². The molecule has 17 heavy (non-hydrogen) atoms. The van der Waals surface area contributed by atoms with Crippen LogP contribution in [0, 0.1) is 5.41 Å². The fourth-order valence-electron chi connectivity index (χ4n) is 2.29. The number of ether oxygens (including phenoxy) is 2.